The molecule has 1 aliphatic heterocycles. The van der Waals surface area contributed by atoms with Gasteiger partial charge < -0.3 is 4.74 Å². The van der Waals surface area contributed by atoms with Gasteiger partial charge in [0.2, 0.25) is 10.0 Å². The minimum atomic E-state index is -3.54. The van der Waals surface area contributed by atoms with Gasteiger partial charge in [-0.1, -0.05) is 6.92 Å². The van der Waals surface area contributed by atoms with E-state index in [1.54, 1.807) is 7.11 Å². The number of anilines is 1. The molecular weight excluding hydrogens is 446 g/mol. The average molecular weight is 472 g/mol. The number of carbonyl (C=O) groups excluding carboxylic acids is 1. The molecule has 4 rings (SSSR count). The number of carbonyl (C=O) groups is 1. The predicted molar refractivity (Wildman–Crippen MR) is 126 cm³/mol. The summed E-state index contributed by atoms with van der Waals surface area (Å²) in [6.45, 7) is 3.21. The van der Waals surface area contributed by atoms with Crippen molar-refractivity contribution >= 4 is 32.4 Å². The molecule has 0 aliphatic carbocycles. The zero-order valence-corrected chi connectivity index (χ0v) is 19.6. The number of amides is 1. The van der Waals surface area contributed by atoms with E-state index in [0.29, 0.717) is 29.7 Å². The topological polar surface area (TPSA) is 88.6 Å². The molecule has 0 saturated carbocycles. The lowest BCUT2D eigenvalue weighted by Crippen LogP contribution is -2.37. The second-order valence-electron chi connectivity index (χ2n) is 7.83. The quantitative estimate of drug-likeness (QED) is 0.572. The van der Waals surface area contributed by atoms with Crippen LogP contribution in [0.1, 0.15) is 30.1 Å². The van der Waals surface area contributed by atoms with Gasteiger partial charge in [-0.2, -0.15) is 4.31 Å². The molecule has 168 valence electrons. The van der Waals surface area contributed by atoms with Gasteiger partial charge in [-0.3, -0.25) is 10.1 Å². The van der Waals surface area contributed by atoms with Crippen molar-refractivity contribution in [2.75, 3.05) is 25.5 Å². The SMILES string of the molecule is COc1ccc(-c2csc(NC(=O)c3ccc(S(=O)(=O)N4CCC(C)CC4)cc3)n2)cc1. The first-order chi connectivity index (χ1) is 15.4. The van der Waals surface area contributed by atoms with Crippen molar-refractivity contribution in [2.45, 2.75) is 24.7 Å². The summed E-state index contributed by atoms with van der Waals surface area (Å²) >= 11 is 1.33. The lowest BCUT2D eigenvalue weighted by Gasteiger charge is -2.29. The van der Waals surface area contributed by atoms with Crippen molar-refractivity contribution in [3.05, 3.63) is 59.5 Å². The molecule has 9 heteroatoms. The Morgan fingerprint density at radius 1 is 1.09 bits per heavy atom. The lowest BCUT2D eigenvalue weighted by molar-refractivity contribution is 0.102. The fourth-order valence-electron chi connectivity index (χ4n) is 3.55. The fraction of sp³-hybridized carbons (Fsp3) is 0.304. The second-order valence-corrected chi connectivity index (χ2v) is 10.6. The summed E-state index contributed by atoms with van der Waals surface area (Å²) in [5.74, 6) is 0.970. The van der Waals surface area contributed by atoms with Crippen LogP contribution >= 0.6 is 11.3 Å². The third kappa shape index (κ3) is 4.85. The Kier molecular flexibility index (Phi) is 6.59. The normalized spacial score (nSPS) is 15.4. The van der Waals surface area contributed by atoms with Crippen LogP contribution in [0.2, 0.25) is 0 Å². The molecule has 0 atom stereocenters. The van der Waals surface area contributed by atoms with E-state index >= 15 is 0 Å². The number of nitrogens with zero attached hydrogens (tertiary/aromatic N) is 2. The highest BCUT2D eigenvalue weighted by atomic mass is 32.2. The van der Waals surface area contributed by atoms with E-state index in [9.17, 15) is 13.2 Å². The highest BCUT2D eigenvalue weighted by Crippen LogP contribution is 2.27. The average Bonchev–Trinajstić information content (AvgIpc) is 3.28. The molecule has 3 aromatic rings. The molecule has 1 amide bonds. The van der Waals surface area contributed by atoms with Gasteiger partial charge in [0, 0.05) is 29.6 Å². The number of hydrogen-bond donors (Lipinski definition) is 1. The molecule has 7 nitrogen and oxygen atoms in total. The van der Waals surface area contributed by atoms with Crippen LogP contribution in [0, 0.1) is 5.92 Å². The number of nitrogens with one attached hydrogen (secondary N) is 1. The minimum absolute atomic E-state index is 0.208. The van der Waals surface area contributed by atoms with Crippen molar-refractivity contribution in [1.29, 1.82) is 0 Å². The molecule has 0 spiro atoms. The highest BCUT2D eigenvalue weighted by molar-refractivity contribution is 7.89. The smallest absolute Gasteiger partial charge is 0.257 e. The number of rotatable bonds is 6. The third-order valence-electron chi connectivity index (χ3n) is 5.61. The molecule has 2 heterocycles. The van der Waals surface area contributed by atoms with Crippen molar-refractivity contribution in [3.63, 3.8) is 0 Å². The lowest BCUT2D eigenvalue weighted by atomic mass is 10.0. The summed E-state index contributed by atoms with van der Waals surface area (Å²) < 4.78 is 32.4. The Morgan fingerprint density at radius 3 is 2.38 bits per heavy atom. The van der Waals surface area contributed by atoms with Crippen molar-refractivity contribution in [1.82, 2.24) is 9.29 Å². The van der Waals surface area contributed by atoms with E-state index in [2.05, 4.69) is 17.2 Å². The zero-order chi connectivity index (χ0) is 22.7. The molecule has 1 N–H and O–H groups in total. The van der Waals surface area contributed by atoms with E-state index < -0.39 is 10.0 Å². The highest BCUT2D eigenvalue weighted by Gasteiger charge is 2.28. The number of sulfonamides is 1. The van der Waals surface area contributed by atoms with E-state index in [0.717, 1.165) is 29.8 Å². The van der Waals surface area contributed by atoms with Crippen LogP contribution in [0.15, 0.2) is 58.8 Å². The standard InChI is InChI=1S/C23H25N3O4S2/c1-16-11-13-26(14-12-16)32(28,29)20-9-5-18(6-10-20)22(27)25-23-24-21(15-31-23)17-3-7-19(30-2)8-4-17/h3-10,15-16H,11-14H2,1-2H3,(H,24,25,27). The van der Waals surface area contributed by atoms with Gasteiger partial charge in [-0.05, 0) is 67.3 Å². The van der Waals surface area contributed by atoms with E-state index in [-0.39, 0.29) is 10.8 Å². The molecule has 1 fully saturated rings. The van der Waals surface area contributed by atoms with Crippen LogP contribution < -0.4 is 10.1 Å². The van der Waals surface area contributed by atoms with Gasteiger partial charge >= 0.3 is 0 Å². The first-order valence-electron chi connectivity index (χ1n) is 10.4. The van der Waals surface area contributed by atoms with Gasteiger partial charge in [0.25, 0.3) is 5.91 Å². The minimum Gasteiger partial charge on any atom is -0.497 e. The molecule has 32 heavy (non-hydrogen) atoms. The van der Waals surface area contributed by atoms with Gasteiger partial charge in [-0.25, -0.2) is 13.4 Å². The molecule has 0 radical (unpaired) electrons. The monoisotopic (exact) mass is 471 g/mol. The third-order valence-corrected chi connectivity index (χ3v) is 8.28. The first kappa shape index (κ1) is 22.4. The number of methoxy groups -OCH3 is 1. The zero-order valence-electron chi connectivity index (χ0n) is 17.9. The number of aromatic nitrogens is 1. The number of hydrogen-bond acceptors (Lipinski definition) is 6. The summed E-state index contributed by atoms with van der Waals surface area (Å²) in [6, 6.07) is 13.6. The van der Waals surface area contributed by atoms with Gasteiger partial charge in [0.15, 0.2) is 5.13 Å². The van der Waals surface area contributed by atoms with Gasteiger partial charge in [0.1, 0.15) is 5.75 Å². The Hall–Kier alpha value is -2.75. The Labute approximate surface area is 192 Å². The molecular formula is C23H25N3O4S2. The Balaban J connectivity index is 1.42. The molecule has 1 saturated heterocycles. The van der Waals surface area contributed by atoms with Crippen LogP contribution in [0.25, 0.3) is 11.3 Å². The maximum absolute atomic E-state index is 12.9. The van der Waals surface area contributed by atoms with Crippen LogP contribution in [-0.4, -0.2) is 43.8 Å². The molecule has 2 aromatic carbocycles. The maximum Gasteiger partial charge on any atom is 0.257 e. The first-order valence-corrected chi connectivity index (χ1v) is 12.7. The van der Waals surface area contributed by atoms with E-state index in [1.807, 2.05) is 29.6 Å². The van der Waals surface area contributed by atoms with Crippen LogP contribution in [0.4, 0.5) is 5.13 Å². The fourth-order valence-corrected chi connectivity index (χ4v) is 5.73. The molecule has 0 bridgehead atoms. The van der Waals surface area contributed by atoms with Gasteiger partial charge in [0.05, 0.1) is 17.7 Å². The number of piperidine rings is 1. The molecule has 0 unspecified atom stereocenters. The molecule has 1 aromatic heterocycles. The molecule has 1 aliphatic rings. The summed E-state index contributed by atoms with van der Waals surface area (Å²) in [7, 11) is -1.92. The van der Waals surface area contributed by atoms with Gasteiger partial charge in [-0.15, -0.1) is 11.3 Å². The van der Waals surface area contributed by atoms with Crippen LogP contribution in [0.3, 0.4) is 0 Å². The number of thiazole rings is 1. The number of ether oxygens (including phenoxy) is 1. The Morgan fingerprint density at radius 2 is 1.75 bits per heavy atom. The van der Waals surface area contributed by atoms with Crippen LogP contribution in [0.5, 0.6) is 5.75 Å². The van der Waals surface area contributed by atoms with E-state index in [1.165, 1.54) is 39.9 Å². The second kappa shape index (κ2) is 9.40. The summed E-state index contributed by atoms with van der Waals surface area (Å²) in [5, 5.41) is 5.12. The van der Waals surface area contributed by atoms with Crippen molar-refractivity contribution < 1.29 is 17.9 Å². The van der Waals surface area contributed by atoms with E-state index in [4.69, 9.17) is 4.74 Å². The van der Waals surface area contributed by atoms with Crippen molar-refractivity contribution in [2.24, 2.45) is 5.92 Å². The summed E-state index contributed by atoms with van der Waals surface area (Å²) in [6.07, 6.45) is 1.73. The Bertz CT molecular complexity index is 1180. The summed E-state index contributed by atoms with van der Waals surface area (Å²) in [5.41, 5.74) is 2.05. The van der Waals surface area contributed by atoms with Crippen LogP contribution in [-0.2, 0) is 10.0 Å². The van der Waals surface area contributed by atoms with Crippen molar-refractivity contribution in [3.8, 4) is 17.0 Å². The maximum atomic E-state index is 12.9. The predicted octanol–water partition coefficient (Wildman–Crippen LogP) is 4.49. The largest absolute Gasteiger partial charge is 0.497 e. The summed E-state index contributed by atoms with van der Waals surface area (Å²) in [4.78, 5) is 17.3. The number of benzene rings is 2.